The van der Waals surface area contributed by atoms with E-state index in [0.717, 1.165) is 29.2 Å². The lowest BCUT2D eigenvalue weighted by Gasteiger charge is -2.13. The average molecular weight is 242 g/mol. The second kappa shape index (κ2) is 5.65. The molecule has 0 spiro atoms. The first-order valence-electron chi connectivity index (χ1n) is 6.10. The highest BCUT2D eigenvalue weighted by molar-refractivity contribution is 5.39. The molecule has 1 aromatic carbocycles. The van der Waals surface area contributed by atoms with Crippen molar-refractivity contribution in [3.05, 3.63) is 53.9 Å². The standard InChI is InChI=1S/C15H18N2O/c1-11(16)10-13-6-3-4-7-15(13)18-14-8-5-9-17-12(14)2/h3-9,11H,10,16H2,1-2H3. The summed E-state index contributed by atoms with van der Waals surface area (Å²) in [5.41, 5.74) is 7.85. The van der Waals surface area contributed by atoms with Gasteiger partial charge in [0.2, 0.25) is 0 Å². The predicted octanol–water partition coefficient (Wildman–Crippen LogP) is 3.07. The van der Waals surface area contributed by atoms with Crippen molar-refractivity contribution in [1.82, 2.24) is 4.98 Å². The highest BCUT2D eigenvalue weighted by Crippen LogP contribution is 2.27. The van der Waals surface area contributed by atoms with Crippen LogP contribution < -0.4 is 10.5 Å². The second-order valence-electron chi connectivity index (χ2n) is 4.48. The number of rotatable bonds is 4. The van der Waals surface area contributed by atoms with E-state index in [2.05, 4.69) is 4.98 Å². The van der Waals surface area contributed by atoms with Gasteiger partial charge in [0, 0.05) is 12.2 Å². The first-order chi connectivity index (χ1) is 8.66. The third-order valence-corrected chi connectivity index (χ3v) is 2.69. The minimum Gasteiger partial charge on any atom is -0.455 e. The summed E-state index contributed by atoms with van der Waals surface area (Å²) in [6, 6.07) is 11.9. The van der Waals surface area contributed by atoms with Crippen molar-refractivity contribution in [2.24, 2.45) is 5.73 Å². The molecule has 0 fully saturated rings. The van der Waals surface area contributed by atoms with E-state index in [1.54, 1.807) is 6.20 Å². The van der Waals surface area contributed by atoms with Crippen molar-refractivity contribution in [1.29, 1.82) is 0 Å². The third-order valence-electron chi connectivity index (χ3n) is 2.69. The summed E-state index contributed by atoms with van der Waals surface area (Å²) in [5, 5.41) is 0. The Hall–Kier alpha value is -1.87. The number of benzene rings is 1. The summed E-state index contributed by atoms with van der Waals surface area (Å²) >= 11 is 0. The first kappa shape index (κ1) is 12.6. The van der Waals surface area contributed by atoms with Crippen molar-refractivity contribution < 1.29 is 4.74 Å². The van der Waals surface area contributed by atoms with E-state index in [9.17, 15) is 0 Å². The van der Waals surface area contributed by atoms with Gasteiger partial charge in [-0.2, -0.15) is 0 Å². The first-order valence-corrected chi connectivity index (χ1v) is 6.10. The molecule has 18 heavy (non-hydrogen) atoms. The Morgan fingerprint density at radius 3 is 2.61 bits per heavy atom. The summed E-state index contributed by atoms with van der Waals surface area (Å²) in [6.45, 7) is 3.93. The zero-order valence-electron chi connectivity index (χ0n) is 10.8. The van der Waals surface area contributed by atoms with E-state index >= 15 is 0 Å². The number of nitrogens with zero attached hydrogens (tertiary/aromatic N) is 1. The Morgan fingerprint density at radius 2 is 1.89 bits per heavy atom. The van der Waals surface area contributed by atoms with Gasteiger partial charge in [0.25, 0.3) is 0 Å². The van der Waals surface area contributed by atoms with Gasteiger partial charge in [-0.1, -0.05) is 18.2 Å². The van der Waals surface area contributed by atoms with Crippen molar-refractivity contribution in [3.63, 3.8) is 0 Å². The van der Waals surface area contributed by atoms with Gasteiger partial charge in [0.05, 0.1) is 5.69 Å². The van der Waals surface area contributed by atoms with Crippen LogP contribution in [0.25, 0.3) is 0 Å². The van der Waals surface area contributed by atoms with Gasteiger partial charge in [0.15, 0.2) is 0 Å². The molecule has 2 N–H and O–H groups in total. The van der Waals surface area contributed by atoms with E-state index in [1.165, 1.54) is 0 Å². The molecule has 0 aliphatic heterocycles. The Labute approximate surface area is 108 Å². The van der Waals surface area contributed by atoms with Crippen LogP contribution in [0, 0.1) is 6.92 Å². The van der Waals surface area contributed by atoms with Gasteiger partial charge < -0.3 is 10.5 Å². The van der Waals surface area contributed by atoms with Gasteiger partial charge in [-0.3, -0.25) is 4.98 Å². The van der Waals surface area contributed by atoms with Crippen molar-refractivity contribution >= 4 is 0 Å². The Kier molecular flexibility index (Phi) is 3.95. The fourth-order valence-corrected chi connectivity index (χ4v) is 1.81. The smallest absolute Gasteiger partial charge is 0.148 e. The maximum atomic E-state index is 5.92. The number of hydrogen-bond acceptors (Lipinski definition) is 3. The normalized spacial score (nSPS) is 12.2. The quantitative estimate of drug-likeness (QED) is 0.896. The lowest BCUT2D eigenvalue weighted by molar-refractivity contribution is 0.467. The number of hydrogen-bond donors (Lipinski definition) is 1. The van der Waals surface area contributed by atoms with Gasteiger partial charge in [-0.15, -0.1) is 0 Å². The molecule has 1 heterocycles. The Bertz CT molecular complexity index is 523. The second-order valence-corrected chi connectivity index (χ2v) is 4.48. The van der Waals surface area contributed by atoms with E-state index in [-0.39, 0.29) is 6.04 Å². The summed E-state index contributed by atoms with van der Waals surface area (Å²) < 4.78 is 5.92. The SMILES string of the molecule is Cc1ncccc1Oc1ccccc1CC(C)N. The van der Waals surface area contributed by atoms with E-state index in [4.69, 9.17) is 10.5 Å². The van der Waals surface area contributed by atoms with Crippen molar-refractivity contribution in [2.45, 2.75) is 26.3 Å². The fraction of sp³-hybridized carbons (Fsp3) is 0.267. The molecule has 0 radical (unpaired) electrons. The molecular weight excluding hydrogens is 224 g/mol. The van der Waals surface area contributed by atoms with Crippen LogP contribution in [0.2, 0.25) is 0 Å². The van der Waals surface area contributed by atoms with Gasteiger partial charge in [-0.05, 0) is 44.0 Å². The largest absolute Gasteiger partial charge is 0.455 e. The van der Waals surface area contributed by atoms with E-state index in [0.29, 0.717) is 0 Å². The molecule has 3 nitrogen and oxygen atoms in total. The predicted molar refractivity (Wildman–Crippen MR) is 72.8 cm³/mol. The number of ether oxygens (including phenoxy) is 1. The highest BCUT2D eigenvalue weighted by Gasteiger charge is 2.08. The molecule has 0 amide bonds. The molecule has 2 aromatic rings. The maximum absolute atomic E-state index is 5.92. The highest BCUT2D eigenvalue weighted by atomic mass is 16.5. The average Bonchev–Trinajstić information content (AvgIpc) is 2.34. The maximum Gasteiger partial charge on any atom is 0.148 e. The molecular formula is C15H18N2O. The Balaban J connectivity index is 2.26. The minimum atomic E-state index is 0.116. The van der Waals surface area contributed by atoms with Crippen LogP contribution in [0.15, 0.2) is 42.6 Å². The number of nitrogens with two attached hydrogens (primary N) is 1. The number of pyridine rings is 1. The molecule has 0 aliphatic carbocycles. The number of aromatic nitrogens is 1. The molecule has 1 atom stereocenters. The number of para-hydroxylation sites is 1. The molecule has 3 heteroatoms. The van der Waals surface area contributed by atoms with Crippen LogP contribution in [-0.2, 0) is 6.42 Å². The van der Waals surface area contributed by atoms with Gasteiger partial charge in [-0.25, -0.2) is 0 Å². The molecule has 1 unspecified atom stereocenters. The summed E-state index contributed by atoms with van der Waals surface area (Å²) in [5.74, 6) is 1.64. The fourth-order valence-electron chi connectivity index (χ4n) is 1.81. The van der Waals surface area contributed by atoms with Crippen molar-refractivity contribution in [2.75, 3.05) is 0 Å². The molecule has 0 aliphatic rings. The Morgan fingerprint density at radius 1 is 1.17 bits per heavy atom. The molecule has 0 saturated carbocycles. The van der Waals surface area contributed by atoms with Crippen LogP contribution in [-0.4, -0.2) is 11.0 Å². The van der Waals surface area contributed by atoms with Crippen LogP contribution >= 0.6 is 0 Å². The molecule has 1 aromatic heterocycles. The zero-order valence-corrected chi connectivity index (χ0v) is 10.8. The lowest BCUT2D eigenvalue weighted by atomic mass is 10.1. The summed E-state index contributed by atoms with van der Waals surface area (Å²) in [4.78, 5) is 4.22. The van der Waals surface area contributed by atoms with Crippen LogP contribution in [0.1, 0.15) is 18.2 Å². The number of aryl methyl sites for hydroxylation is 1. The minimum absolute atomic E-state index is 0.116. The summed E-state index contributed by atoms with van der Waals surface area (Å²) in [7, 11) is 0. The van der Waals surface area contributed by atoms with Crippen LogP contribution in [0.3, 0.4) is 0 Å². The molecule has 94 valence electrons. The van der Waals surface area contributed by atoms with E-state index < -0.39 is 0 Å². The van der Waals surface area contributed by atoms with Crippen LogP contribution in [0.5, 0.6) is 11.5 Å². The van der Waals surface area contributed by atoms with Gasteiger partial charge in [0.1, 0.15) is 11.5 Å². The summed E-state index contributed by atoms with van der Waals surface area (Å²) in [6.07, 6.45) is 2.56. The van der Waals surface area contributed by atoms with Crippen molar-refractivity contribution in [3.8, 4) is 11.5 Å². The molecule has 2 rings (SSSR count). The molecule has 0 bridgehead atoms. The van der Waals surface area contributed by atoms with Crippen LogP contribution in [0.4, 0.5) is 0 Å². The third kappa shape index (κ3) is 3.08. The van der Waals surface area contributed by atoms with E-state index in [1.807, 2.05) is 50.2 Å². The van der Waals surface area contributed by atoms with Gasteiger partial charge >= 0.3 is 0 Å². The monoisotopic (exact) mass is 242 g/mol. The zero-order chi connectivity index (χ0) is 13.0. The molecule has 0 saturated heterocycles. The topological polar surface area (TPSA) is 48.1 Å². The lowest BCUT2D eigenvalue weighted by Crippen LogP contribution is -2.18.